The number of nitrogens with one attached hydrogen (secondary N) is 1. The van der Waals surface area contributed by atoms with Gasteiger partial charge in [0.2, 0.25) is 17.8 Å². The Hall–Kier alpha value is -3.10. The molecule has 1 aliphatic carbocycles. The number of hydrogen-bond acceptors (Lipinski definition) is 6. The molecular weight excluding hydrogens is 412 g/mol. The molecule has 32 heavy (non-hydrogen) atoms. The van der Waals surface area contributed by atoms with Crippen molar-refractivity contribution in [2.24, 2.45) is 4.99 Å². The van der Waals surface area contributed by atoms with Gasteiger partial charge >= 0.3 is 5.97 Å². The molecule has 0 spiro atoms. The fourth-order valence-electron chi connectivity index (χ4n) is 4.74. The number of aliphatic carboxylic acids is 1. The van der Waals surface area contributed by atoms with Crippen LogP contribution in [-0.2, 0) is 14.4 Å². The summed E-state index contributed by atoms with van der Waals surface area (Å²) in [5.74, 6) is 0.134. The molecule has 2 fully saturated rings. The highest BCUT2D eigenvalue weighted by molar-refractivity contribution is 6.06. The molecule has 1 saturated carbocycles. The van der Waals surface area contributed by atoms with Crippen molar-refractivity contribution in [3.8, 4) is 5.75 Å². The van der Waals surface area contributed by atoms with Crippen molar-refractivity contribution >= 4 is 29.4 Å². The highest BCUT2D eigenvalue weighted by Crippen LogP contribution is 2.37. The minimum atomic E-state index is -0.968. The van der Waals surface area contributed by atoms with Crippen molar-refractivity contribution in [2.75, 3.05) is 19.7 Å². The van der Waals surface area contributed by atoms with Crippen LogP contribution < -0.4 is 10.1 Å². The number of nitrogens with zero attached hydrogens (tertiary/aromatic N) is 3. The van der Waals surface area contributed by atoms with E-state index in [4.69, 9.17) is 4.74 Å². The maximum Gasteiger partial charge on any atom is 0.323 e. The summed E-state index contributed by atoms with van der Waals surface area (Å²) < 4.78 is 5.87. The van der Waals surface area contributed by atoms with Gasteiger partial charge in [-0.1, -0.05) is 19.3 Å². The van der Waals surface area contributed by atoms with Gasteiger partial charge in [0, 0.05) is 18.0 Å². The summed E-state index contributed by atoms with van der Waals surface area (Å²) in [7, 11) is 0. The Bertz CT molecular complexity index is 925. The summed E-state index contributed by atoms with van der Waals surface area (Å²) in [6.45, 7) is 2.45. The molecule has 0 aromatic heterocycles. The summed E-state index contributed by atoms with van der Waals surface area (Å²) in [6.07, 6.45) is 5.77. The van der Waals surface area contributed by atoms with Gasteiger partial charge in [0.15, 0.2) is 0 Å². The van der Waals surface area contributed by atoms with Crippen LogP contribution in [0.15, 0.2) is 23.2 Å². The van der Waals surface area contributed by atoms with Crippen LogP contribution in [0.1, 0.15) is 63.5 Å². The van der Waals surface area contributed by atoms with E-state index in [-0.39, 0.29) is 36.9 Å². The van der Waals surface area contributed by atoms with Crippen LogP contribution in [0.4, 0.5) is 5.69 Å². The molecule has 1 unspecified atom stereocenters. The number of hydrogen-bond donors (Lipinski definition) is 2. The van der Waals surface area contributed by atoms with Crippen molar-refractivity contribution in [2.45, 2.75) is 64.0 Å². The van der Waals surface area contributed by atoms with E-state index in [0.29, 0.717) is 31.3 Å². The Labute approximate surface area is 187 Å². The molecule has 0 radical (unpaired) electrons. The first-order valence-corrected chi connectivity index (χ1v) is 11.4. The summed E-state index contributed by atoms with van der Waals surface area (Å²) in [6, 6.07) is 5.68. The Morgan fingerprint density at radius 3 is 2.81 bits per heavy atom. The lowest BCUT2D eigenvalue weighted by molar-refractivity contribution is -0.146. The fourth-order valence-corrected chi connectivity index (χ4v) is 4.74. The van der Waals surface area contributed by atoms with Crippen molar-refractivity contribution < 1.29 is 24.2 Å². The van der Waals surface area contributed by atoms with E-state index in [1.165, 1.54) is 0 Å². The highest BCUT2D eigenvalue weighted by Gasteiger charge is 2.34. The predicted octanol–water partition coefficient (Wildman–Crippen LogP) is 2.59. The topological polar surface area (TPSA) is 112 Å². The van der Waals surface area contributed by atoms with Crippen molar-refractivity contribution in [1.82, 2.24) is 15.1 Å². The van der Waals surface area contributed by atoms with Gasteiger partial charge in [0.05, 0.1) is 18.3 Å². The summed E-state index contributed by atoms with van der Waals surface area (Å²) in [5, 5.41) is 12.0. The second kappa shape index (κ2) is 9.58. The first kappa shape index (κ1) is 22.1. The largest absolute Gasteiger partial charge is 0.494 e. The number of aliphatic imine (C=N–C) groups is 1. The molecule has 1 aromatic carbocycles. The number of carbonyl (C=O) groups is 3. The molecule has 2 heterocycles. The van der Waals surface area contributed by atoms with Crippen LogP contribution in [0, 0.1) is 0 Å². The Morgan fingerprint density at radius 2 is 2.06 bits per heavy atom. The van der Waals surface area contributed by atoms with Gasteiger partial charge in [-0.05, 0) is 44.4 Å². The molecule has 172 valence electrons. The molecule has 1 atom stereocenters. The molecule has 2 amide bonds. The van der Waals surface area contributed by atoms with Crippen molar-refractivity contribution in [1.29, 1.82) is 0 Å². The number of carboxylic acid groups (broad SMARTS) is 1. The zero-order chi connectivity index (χ0) is 22.7. The molecular formula is C23H30N4O5. The lowest BCUT2D eigenvalue weighted by Crippen LogP contribution is -2.44. The minimum absolute atomic E-state index is 0.00153. The maximum absolute atomic E-state index is 12.7. The average Bonchev–Trinajstić information content (AvgIpc) is 3.16. The second-order valence-corrected chi connectivity index (χ2v) is 8.67. The first-order valence-electron chi connectivity index (χ1n) is 11.4. The van der Waals surface area contributed by atoms with Gasteiger partial charge in [0.1, 0.15) is 18.8 Å². The van der Waals surface area contributed by atoms with Gasteiger partial charge in [-0.3, -0.25) is 19.7 Å². The van der Waals surface area contributed by atoms with E-state index in [1.807, 2.05) is 30.0 Å². The van der Waals surface area contributed by atoms with Crippen LogP contribution in [0.5, 0.6) is 5.75 Å². The van der Waals surface area contributed by atoms with Crippen molar-refractivity contribution in [3.05, 3.63) is 23.8 Å². The Balaban J connectivity index is 1.31. The zero-order valence-corrected chi connectivity index (χ0v) is 18.4. The normalized spacial score (nSPS) is 20.2. The zero-order valence-electron chi connectivity index (χ0n) is 18.4. The highest BCUT2D eigenvalue weighted by atomic mass is 16.5. The van der Waals surface area contributed by atoms with Gasteiger partial charge in [-0.2, -0.15) is 0 Å². The van der Waals surface area contributed by atoms with E-state index in [0.717, 1.165) is 43.4 Å². The summed E-state index contributed by atoms with van der Waals surface area (Å²) in [5.41, 5.74) is 1.80. The number of guanidine groups is 1. The number of benzene rings is 1. The van der Waals surface area contributed by atoms with E-state index >= 15 is 0 Å². The standard InChI is InChI=1S/C23H30N4O5/c1-15-18-12-17(9-10-19(18)24-23-25-20(28)13-26(15)23)32-11-5-8-21(29)27(14-22(30)31)16-6-3-2-4-7-16/h9-10,12,15-16H,2-8,11,13-14H2,1H3,(H,30,31)(H,24,25,28). The van der Waals surface area contributed by atoms with Crippen molar-refractivity contribution in [3.63, 3.8) is 0 Å². The molecule has 4 rings (SSSR count). The van der Waals surface area contributed by atoms with Crippen LogP contribution in [-0.4, -0.2) is 64.4 Å². The first-order chi connectivity index (χ1) is 15.4. The SMILES string of the molecule is CC1c2cc(OCCCC(=O)N(CC(=O)O)C3CCCCC3)ccc2N=C2NC(=O)CN21. The van der Waals surface area contributed by atoms with Gasteiger partial charge in [-0.25, -0.2) is 4.99 Å². The van der Waals surface area contributed by atoms with E-state index in [9.17, 15) is 19.5 Å². The predicted molar refractivity (Wildman–Crippen MR) is 118 cm³/mol. The Morgan fingerprint density at radius 1 is 1.28 bits per heavy atom. The molecule has 2 N–H and O–H groups in total. The number of carbonyl (C=O) groups excluding carboxylic acids is 2. The third kappa shape index (κ3) is 4.87. The number of amides is 2. The van der Waals surface area contributed by atoms with Crippen LogP contribution in [0.2, 0.25) is 0 Å². The van der Waals surface area contributed by atoms with Crippen LogP contribution in [0.25, 0.3) is 0 Å². The second-order valence-electron chi connectivity index (χ2n) is 8.67. The van der Waals surface area contributed by atoms with E-state index < -0.39 is 5.97 Å². The van der Waals surface area contributed by atoms with Crippen LogP contribution >= 0.6 is 0 Å². The molecule has 9 nitrogen and oxygen atoms in total. The van der Waals surface area contributed by atoms with Gasteiger partial charge < -0.3 is 19.6 Å². The maximum atomic E-state index is 12.7. The fraction of sp³-hybridized carbons (Fsp3) is 0.565. The van der Waals surface area contributed by atoms with Crippen LogP contribution in [0.3, 0.4) is 0 Å². The molecule has 1 saturated heterocycles. The average molecular weight is 443 g/mol. The number of fused-ring (bicyclic) bond motifs is 2. The summed E-state index contributed by atoms with van der Waals surface area (Å²) in [4.78, 5) is 43.6. The summed E-state index contributed by atoms with van der Waals surface area (Å²) >= 11 is 0. The smallest absolute Gasteiger partial charge is 0.323 e. The van der Waals surface area contributed by atoms with E-state index in [1.54, 1.807) is 4.90 Å². The lowest BCUT2D eigenvalue weighted by atomic mass is 9.94. The number of carboxylic acids is 1. The third-order valence-electron chi connectivity index (χ3n) is 6.43. The Kier molecular flexibility index (Phi) is 6.62. The lowest BCUT2D eigenvalue weighted by Gasteiger charge is -2.33. The number of rotatable bonds is 8. The van der Waals surface area contributed by atoms with Gasteiger partial charge in [-0.15, -0.1) is 0 Å². The molecule has 9 heteroatoms. The minimum Gasteiger partial charge on any atom is -0.494 e. The quantitative estimate of drug-likeness (QED) is 0.599. The molecule has 3 aliphatic rings. The monoisotopic (exact) mass is 442 g/mol. The third-order valence-corrected chi connectivity index (χ3v) is 6.43. The molecule has 0 bridgehead atoms. The number of ether oxygens (including phenoxy) is 1. The van der Waals surface area contributed by atoms with Gasteiger partial charge in [0.25, 0.3) is 0 Å². The molecule has 2 aliphatic heterocycles. The van der Waals surface area contributed by atoms with E-state index in [2.05, 4.69) is 10.3 Å². The molecule has 1 aromatic rings.